The summed E-state index contributed by atoms with van der Waals surface area (Å²) in [6.45, 7) is 9.60. The summed E-state index contributed by atoms with van der Waals surface area (Å²) in [4.78, 5) is 5.23. The van der Waals surface area contributed by atoms with Crippen LogP contribution >= 0.6 is 0 Å². The van der Waals surface area contributed by atoms with Gasteiger partial charge in [0, 0.05) is 37.3 Å². The van der Waals surface area contributed by atoms with Crippen molar-refractivity contribution < 1.29 is 5.11 Å². The number of likely N-dealkylation sites (N-methyl/N-ethyl adjacent to an activating group) is 2. The highest BCUT2D eigenvalue weighted by molar-refractivity contribution is 4.97. The van der Waals surface area contributed by atoms with E-state index in [2.05, 4.69) is 29.0 Å². The van der Waals surface area contributed by atoms with Gasteiger partial charge in [-0.25, -0.2) is 0 Å². The Kier molecular flexibility index (Phi) is 5.23. The molecule has 0 aromatic rings. The van der Waals surface area contributed by atoms with Crippen molar-refractivity contribution in [3.63, 3.8) is 0 Å². The summed E-state index contributed by atoms with van der Waals surface area (Å²) in [6, 6.07) is 1.31. The van der Waals surface area contributed by atoms with E-state index >= 15 is 0 Å². The Morgan fingerprint density at radius 2 is 2.16 bits per heavy atom. The van der Waals surface area contributed by atoms with Crippen LogP contribution in [0.3, 0.4) is 0 Å². The molecule has 0 amide bonds. The average Bonchev–Trinajstić information content (AvgIpc) is 2.47. The van der Waals surface area contributed by atoms with Crippen LogP contribution in [0.1, 0.15) is 39.5 Å². The standard InChI is InChI=1S/C15H31N3O/c1-4-17-8-9-18(11-13(17)2)14-6-5-7-15(10-14,12-19)16-3/h13-14,16,19H,4-12H2,1-3H3. The second kappa shape index (κ2) is 6.53. The Morgan fingerprint density at radius 1 is 1.37 bits per heavy atom. The monoisotopic (exact) mass is 269 g/mol. The van der Waals surface area contributed by atoms with Crippen molar-refractivity contribution in [3.8, 4) is 0 Å². The third-order valence-corrected chi connectivity index (χ3v) is 5.37. The largest absolute Gasteiger partial charge is 0.394 e. The SMILES string of the molecule is CCN1CCN(C2CCCC(CO)(NC)C2)CC1C. The van der Waals surface area contributed by atoms with E-state index in [1.54, 1.807) is 0 Å². The van der Waals surface area contributed by atoms with Crippen LogP contribution in [-0.2, 0) is 0 Å². The molecular formula is C15H31N3O. The molecule has 4 nitrogen and oxygen atoms in total. The minimum absolute atomic E-state index is 0.0337. The van der Waals surface area contributed by atoms with Crippen molar-refractivity contribution in [1.29, 1.82) is 0 Å². The van der Waals surface area contributed by atoms with Crippen molar-refractivity contribution >= 4 is 0 Å². The summed E-state index contributed by atoms with van der Waals surface area (Å²) in [5, 5.41) is 13.1. The minimum Gasteiger partial charge on any atom is -0.394 e. The predicted octanol–water partition coefficient (Wildman–Crippen LogP) is 0.906. The van der Waals surface area contributed by atoms with Crippen LogP contribution in [0.25, 0.3) is 0 Å². The molecule has 19 heavy (non-hydrogen) atoms. The summed E-state index contributed by atoms with van der Waals surface area (Å²) >= 11 is 0. The van der Waals surface area contributed by atoms with Crippen LogP contribution < -0.4 is 5.32 Å². The second-order valence-corrected chi connectivity index (χ2v) is 6.41. The van der Waals surface area contributed by atoms with Crippen LogP contribution in [0, 0.1) is 0 Å². The molecule has 0 bridgehead atoms. The first kappa shape index (κ1) is 15.2. The maximum absolute atomic E-state index is 9.70. The van der Waals surface area contributed by atoms with Gasteiger partial charge in [0.05, 0.1) is 6.61 Å². The summed E-state index contributed by atoms with van der Waals surface area (Å²) in [5.74, 6) is 0. The van der Waals surface area contributed by atoms with Crippen LogP contribution in [0.2, 0.25) is 0 Å². The number of hydrogen-bond acceptors (Lipinski definition) is 4. The number of aliphatic hydroxyl groups is 1. The fourth-order valence-electron chi connectivity index (χ4n) is 3.92. The highest BCUT2D eigenvalue weighted by atomic mass is 16.3. The normalized spacial score (nSPS) is 38.5. The topological polar surface area (TPSA) is 38.7 Å². The highest BCUT2D eigenvalue weighted by Gasteiger charge is 2.38. The van der Waals surface area contributed by atoms with Gasteiger partial charge in [0.25, 0.3) is 0 Å². The first-order valence-electron chi connectivity index (χ1n) is 7.92. The number of aliphatic hydroxyl groups excluding tert-OH is 1. The fourth-order valence-corrected chi connectivity index (χ4v) is 3.92. The van der Waals surface area contributed by atoms with Gasteiger partial charge in [-0.1, -0.05) is 6.92 Å². The number of hydrogen-bond donors (Lipinski definition) is 2. The van der Waals surface area contributed by atoms with Gasteiger partial charge >= 0.3 is 0 Å². The Labute approximate surface area is 118 Å². The Morgan fingerprint density at radius 3 is 2.74 bits per heavy atom. The predicted molar refractivity (Wildman–Crippen MR) is 79.4 cm³/mol. The molecule has 2 rings (SSSR count). The second-order valence-electron chi connectivity index (χ2n) is 6.41. The lowest BCUT2D eigenvalue weighted by molar-refractivity contribution is 0.0165. The van der Waals surface area contributed by atoms with Gasteiger partial charge in [-0.15, -0.1) is 0 Å². The first-order valence-corrected chi connectivity index (χ1v) is 7.92. The molecule has 0 spiro atoms. The molecule has 1 aliphatic carbocycles. The van der Waals surface area contributed by atoms with Gasteiger partial charge in [0.15, 0.2) is 0 Å². The Hall–Kier alpha value is -0.160. The van der Waals surface area contributed by atoms with Gasteiger partial charge in [-0.3, -0.25) is 9.80 Å². The lowest BCUT2D eigenvalue weighted by Gasteiger charge is -2.48. The van der Waals surface area contributed by atoms with E-state index in [-0.39, 0.29) is 12.1 Å². The minimum atomic E-state index is -0.0337. The molecule has 0 radical (unpaired) electrons. The zero-order valence-electron chi connectivity index (χ0n) is 12.9. The molecule has 1 aliphatic heterocycles. The maximum Gasteiger partial charge on any atom is 0.0613 e. The molecule has 0 aromatic carbocycles. The van der Waals surface area contributed by atoms with Gasteiger partial charge in [0.1, 0.15) is 0 Å². The van der Waals surface area contributed by atoms with E-state index < -0.39 is 0 Å². The molecule has 1 saturated heterocycles. The molecule has 112 valence electrons. The average molecular weight is 269 g/mol. The molecule has 0 aromatic heterocycles. The molecule has 1 heterocycles. The van der Waals surface area contributed by atoms with E-state index in [0.29, 0.717) is 12.1 Å². The first-order chi connectivity index (χ1) is 9.14. The van der Waals surface area contributed by atoms with Gasteiger partial charge in [-0.2, -0.15) is 0 Å². The van der Waals surface area contributed by atoms with E-state index in [4.69, 9.17) is 0 Å². The van der Waals surface area contributed by atoms with E-state index in [1.165, 1.54) is 32.5 Å². The lowest BCUT2D eigenvalue weighted by Crippen LogP contribution is -2.59. The Balaban J connectivity index is 1.95. The number of rotatable bonds is 4. The highest BCUT2D eigenvalue weighted by Crippen LogP contribution is 2.31. The molecule has 1 saturated carbocycles. The van der Waals surface area contributed by atoms with Gasteiger partial charge in [-0.05, 0) is 46.2 Å². The number of nitrogens with one attached hydrogen (secondary N) is 1. The molecule has 2 N–H and O–H groups in total. The van der Waals surface area contributed by atoms with Gasteiger partial charge in [0.2, 0.25) is 0 Å². The van der Waals surface area contributed by atoms with Crippen molar-refractivity contribution in [2.24, 2.45) is 0 Å². The zero-order chi connectivity index (χ0) is 13.9. The molecule has 2 aliphatic rings. The summed E-state index contributed by atoms with van der Waals surface area (Å²) in [6.07, 6.45) is 4.73. The van der Waals surface area contributed by atoms with Crippen LogP contribution in [0.5, 0.6) is 0 Å². The van der Waals surface area contributed by atoms with Crippen molar-refractivity contribution in [1.82, 2.24) is 15.1 Å². The van der Waals surface area contributed by atoms with E-state index in [9.17, 15) is 5.11 Å². The Bertz CT molecular complexity index is 281. The molecule has 3 unspecified atom stereocenters. The molecule has 3 atom stereocenters. The van der Waals surface area contributed by atoms with Crippen molar-refractivity contribution in [2.45, 2.75) is 57.2 Å². The third-order valence-electron chi connectivity index (χ3n) is 5.37. The van der Waals surface area contributed by atoms with Crippen LogP contribution in [0.4, 0.5) is 0 Å². The van der Waals surface area contributed by atoms with Crippen LogP contribution in [-0.4, -0.2) is 72.4 Å². The smallest absolute Gasteiger partial charge is 0.0613 e. The lowest BCUT2D eigenvalue weighted by atomic mass is 9.78. The van der Waals surface area contributed by atoms with E-state index in [0.717, 1.165) is 19.4 Å². The molecular weight excluding hydrogens is 238 g/mol. The van der Waals surface area contributed by atoms with Crippen LogP contribution in [0.15, 0.2) is 0 Å². The number of piperazine rings is 1. The van der Waals surface area contributed by atoms with Crippen molar-refractivity contribution in [2.75, 3.05) is 39.8 Å². The summed E-state index contributed by atoms with van der Waals surface area (Å²) < 4.78 is 0. The number of nitrogens with zero attached hydrogens (tertiary/aromatic N) is 2. The third kappa shape index (κ3) is 3.30. The van der Waals surface area contributed by atoms with Gasteiger partial charge < -0.3 is 10.4 Å². The van der Waals surface area contributed by atoms with E-state index in [1.807, 2.05) is 7.05 Å². The molecule has 4 heteroatoms. The summed E-state index contributed by atoms with van der Waals surface area (Å²) in [5.41, 5.74) is -0.0337. The quantitative estimate of drug-likeness (QED) is 0.795. The zero-order valence-corrected chi connectivity index (χ0v) is 12.9. The molecule has 2 fully saturated rings. The maximum atomic E-state index is 9.70. The van der Waals surface area contributed by atoms with Crippen molar-refractivity contribution in [3.05, 3.63) is 0 Å². The fraction of sp³-hybridized carbons (Fsp3) is 1.00. The summed E-state index contributed by atoms with van der Waals surface area (Å²) in [7, 11) is 2.00.